The van der Waals surface area contributed by atoms with Crippen LogP contribution in [0.5, 0.6) is 0 Å². The molecule has 0 aromatic heterocycles. The van der Waals surface area contributed by atoms with Crippen molar-refractivity contribution in [3.63, 3.8) is 0 Å². The molecule has 0 aliphatic carbocycles. The van der Waals surface area contributed by atoms with Gasteiger partial charge in [0, 0.05) is 17.8 Å². The van der Waals surface area contributed by atoms with E-state index in [1.807, 2.05) is 4.90 Å². The molecular formula is C18H18F3N4O3+. The average Bonchev–Trinajstić information content (AvgIpc) is 2.67. The molecule has 7 nitrogen and oxygen atoms in total. The topological polar surface area (TPSA) is 92.1 Å². The Morgan fingerprint density at radius 3 is 2.50 bits per heavy atom. The van der Waals surface area contributed by atoms with E-state index in [0.29, 0.717) is 18.8 Å². The van der Waals surface area contributed by atoms with Crippen molar-refractivity contribution in [2.24, 2.45) is 0 Å². The number of non-ortho nitro benzene ring substituents is 1. The van der Waals surface area contributed by atoms with Gasteiger partial charge in [0.05, 0.1) is 47.9 Å². The first kappa shape index (κ1) is 19.6. The summed E-state index contributed by atoms with van der Waals surface area (Å²) in [4.78, 5) is 25.2. The summed E-state index contributed by atoms with van der Waals surface area (Å²) >= 11 is 0. The van der Waals surface area contributed by atoms with Crippen LogP contribution in [0.4, 0.5) is 30.2 Å². The number of nitrogens with two attached hydrogens (primary N) is 1. The molecule has 0 saturated carbocycles. The van der Waals surface area contributed by atoms with Gasteiger partial charge in [0.1, 0.15) is 0 Å². The van der Waals surface area contributed by atoms with Crippen molar-refractivity contribution in [3.05, 3.63) is 63.7 Å². The van der Waals surface area contributed by atoms with Crippen molar-refractivity contribution in [2.45, 2.75) is 6.18 Å². The molecule has 1 heterocycles. The number of alkyl halides is 3. The second-order valence-corrected chi connectivity index (χ2v) is 6.34. The SMILES string of the molecule is O=C(Nc1cccc(C(F)(F)F)c1)c1cc([N+](=O)[O-])ccc1N1CC[NH2+]CC1. The second kappa shape index (κ2) is 7.85. The number of piperazine rings is 1. The van der Waals surface area contributed by atoms with E-state index in [9.17, 15) is 28.1 Å². The lowest BCUT2D eigenvalue weighted by Crippen LogP contribution is -2.89. The van der Waals surface area contributed by atoms with Crippen LogP contribution in [0.25, 0.3) is 0 Å². The minimum absolute atomic E-state index is 0.0377. The van der Waals surface area contributed by atoms with Gasteiger partial charge in [-0.15, -0.1) is 0 Å². The van der Waals surface area contributed by atoms with Crippen molar-refractivity contribution in [2.75, 3.05) is 36.4 Å². The Kier molecular flexibility index (Phi) is 5.50. The summed E-state index contributed by atoms with van der Waals surface area (Å²) in [6.07, 6.45) is -4.54. The molecule has 1 saturated heterocycles. The Labute approximate surface area is 158 Å². The average molecular weight is 395 g/mol. The molecule has 10 heteroatoms. The molecule has 2 aromatic carbocycles. The molecule has 1 fully saturated rings. The van der Waals surface area contributed by atoms with E-state index < -0.39 is 22.6 Å². The Morgan fingerprint density at radius 1 is 1.14 bits per heavy atom. The van der Waals surface area contributed by atoms with E-state index in [1.165, 1.54) is 24.3 Å². The summed E-state index contributed by atoms with van der Waals surface area (Å²) in [7, 11) is 0. The fourth-order valence-corrected chi connectivity index (χ4v) is 3.06. The largest absolute Gasteiger partial charge is 0.416 e. The van der Waals surface area contributed by atoms with Gasteiger partial charge >= 0.3 is 6.18 Å². The minimum atomic E-state index is -4.54. The van der Waals surface area contributed by atoms with Crippen LogP contribution in [0.2, 0.25) is 0 Å². The zero-order valence-corrected chi connectivity index (χ0v) is 14.7. The minimum Gasteiger partial charge on any atom is -0.360 e. The number of carbonyl (C=O) groups excluding carboxylic acids is 1. The first-order valence-electron chi connectivity index (χ1n) is 8.59. The normalized spacial score (nSPS) is 14.6. The maximum absolute atomic E-state index is 12.9. The van der Waals surface area contributed by atoms with Gasteiger partial charge in [0.15, 0.2) is 0 Å². The van der Waals surface area contributed by atoms with Crippen LogP contribution < -0.4 is 15.5 Å². The number of amides is 1. The third kappa shape index (κ3) is 4.39. The molecule has 0 radical (unpaired) electrons. The quantitative estimate of drug-likeness (QED) is 0.614. The Hall–Kier alpha value is -3.14. The summed E-state index contributed by atoms with van der Waals surface area (Å²) in [5.41, 5.74) is -0.626. The molecule has 0 bridgehead atoms. The number of benzene rings is 2. The van der Waals surface area contributed by atoms with Gasteiger partial charge in [0.25, 0.3) is 11.6 Å². The molecule has 1 aliphatic heterocycles. The van der Waals surface area contributed by atoms with Crippen molar-refractivity contribution in [1.82, 2.24) is 0 Å². The van der Waals surface area contributed by atoms with E-state index in [1.54, 1.807) is 0 Å². The van der Waals surface area contributed by atoms with Crippen molar-refractivity contribution >= 4 is 23.0 Å². The molecule has 28 heavy (non-hydrogen) atoms. The van der Waals surface area contributed by atoms with Crippen LogP contribution in [0.3, 0.4) is 0 Å². The second-order valence-electron chi connectivity index (χ2n) is 6.34. The number of carbonyl (C=O) groups is 1. The number of halogens is 3. The Bertz CT molecular complexity index is 896. The van der Waals surface area contributed by atoms with Crippen molar-refractivity contribution < 1.29 is 28.2 Å². The third-order valence-corrected chi connectivity index (χ3v) is 4.43. The highest BCUT2D eigenvalue weighted by Gasteiger charge is 2.30. The predicted octanol–water partition coefficient (Wildman–Crippen LogP) is 2.25. The molecule has 148 valence electrons. The lowest BCUT2D eigenvalue weighted by molar-refractivity contribution is -0.655. The smallest absolute Gasteiger partial charge is 0.360 e. The van der Waals surface area contributed by atoms with Crippen LogP contribution in [0.15, 0.2) is 42.5 Å². The summed E-state index contributed by atoms with van der Waals surface area (Å²) in [6.45, 7) is 2.93. The van der Waals surface area contributed by atoms with Crippen molar-refractivity contribution in [3.8, 4) is 0 Å². The highest BCUT2D eigenvalue weighted by molar-refractivity contribution is 6.08. The molecule has 2 aromatic rings. The standard InChI is InChI=1S/C18H17F3N4O3/c19-18(20,21)12-2-1-3-13(10-12)23-17(26)15-11-14(25(27)28)4-5-16(15)24-8-6-22-7-9-24/h1-5,10-11,22H,6-9H2,(H,23,26)/p+1. The number of quaternary nitrogens is 1. The van der Waals surface area contributed by atoms with Crippen LogP contribution in [0.1, 0.15) is 15.9 Å². The van der Waals surface area contributed by atoms with Gasteiger partial charge in [0.2, 0.25) is 0 Å². The molecule has 1 amide bonds. The molecule has 3 N–H and O–H groups in total. The van der Waals surface area contributed by atoms with E-state index in [4.69, 9.17) is 0 Å². The molecule has 1 aliphatic rings. The molecule has 0 atom stereocenters. The van der Waals surface area contributed by atoms with Crippen LogP contribution >= 0.6 is 0 Å². The van der Waals surface area contributed by atoms with E-state index >= 15 is 0 Å². The van der Waals surface area contributed by atoms with E-state index in [2.05, 4.69) is 10.6 Å². The van der Waals surface area contributed by atoms with Gasteiger partial charge < -0.3 is 15.5 Å². The number of nitrogens with zero attached hydrogens (tertiary/aromatic N) is 2. The summed E-state index contributed by atoms with van der Waals surface area (Å²) in [5, 5.41) is 15.6. The van der Waals surface area contributed by atoms with Crippen LogP contribution in [0, 0.1) is 10.1 Å². The maximum Gasteiger partial charge on any atom is 0.416 e. The van der Waals surface area contributed by atoms with Gasteiger partial charge in [-0.05, 0) is 24.3 Å². The predicted molar refractivity (Wildman–Crippen MR) is 96.4 cm³/mol. The summed E-state index contributed by atoms with van der Waals surface area (Å²) in [5.74, 6) is -0.701. The zero-order valence-electron chi connectivity index (χ0n) is 14.7. The molecule has 0 spiro atoms. The molecule has 3 rings (SSSR count). The maximum atomic E-state index is 12.9. The third-order valence-electron chi connectivity index (χ3n) is 4.43. The number of anilines is 2. The van der Waals surface area contributed by atoms with E-state index in [0.717, 1.165) is 31.3 Å². The summed E-state index contributed by atoms with van der Waals surface area (Å²) in [6, 6.07) is 8.21. The highest BCUT2D eigenvalue weighted by atomic mass is 19.4. The van der Waals surface area contributed by atoms with Crippen LogP contribution in [-0.2, 0) is 6.18 Å². The number of nitro groups is 1. The van der Waals surface area contributed by atoms with E-state index in [-0.39, 0.29) is 16.9 Å². The highest BCUT2D eigenvalue weighted by Crippen LogP contribution is 2.31. The summed E-state index contributed by atoms with van der Waals surface area (Å²) < 4.78 is 38.6. The number of hydrogen-bond acceptors (Lipinski definition) is 4. The van der Waals surface area contributed by atoms with Crippen LogP contribution in [-0.4, -0.2) is 37.0 Å². The van der Waals surface area contributed by atoms with Crippen molar-refractivity contribution in [1.29, 1.82) is 0 Å². The number of nitrogens with one attached hydrogen (secondary N) is 1. The fourth-order valence-electron chi connectivity index (χ4n) is 3.06. The zero-order chi connectivity index (χ0) is 20.3. The fraction of sp³-hybridized carbons (Fsp3) is 0.278. The van der Waals surface area contributed by atoms with Gasteiger partial charge in [-0.3, -0.25) is 14.9 Å². The first-order valence-corrected chi connectivity index (χ1v) is 8.59. The lowest BCUT2D eigenvalue weighted by atomic mass is 10.1. The Balaban J connectivity index is 1.93. The van der Waals surface area contributed by atoms with Gasteiger partial charge in [-0.2, -0.15) is 13.2 Å². The van der Waals surface area contributed by atoms with Gasteiger partial charge in [-0.1, -0.05) is 6.07 Å². The monoisotopic (exact) mass is 395 g/mol. The number of hydrogen-bond donors (Lipinski definition) is 2. The number of rotatable bonds is 4. The Morgan fingerprint density at radius 2 is 1.86 bits per heavy atom. The molecular weight excluding hydrogens is 377 g/mol. The first-order chi connectivity index (χ1) is 13.3. The lowest BCUT2D eigenvalue weighted by Gasteiger charge is -2.28. The number of nitro benzene ring substituents is 1. The van der Waals surface area contributed by atoms with Gasteiger partial charge in [-0.25, -0.2) is 0 Å². The molecule has 0 unspecified atom stereocenters.